The monoisotopic (exact) mass is 424 g/mol. The minimum absolute atomic E-state index is 0.0169. The number of nitro groups is 1. The number of non-ortho nitro benzene ring substituents is 1. The SMILES string of the molecule is O=C1C2=C(C(c3ccccc3)=NCCN2)[C@H](c2cccc([N+](=O)[O-])c2)N1c1ccccc1. The van der Waals surface area contributed by atoms with Gasteiger partial charge in [0.1, 0.15) is 5.70 Å². The van der Waals surface area contributed by atoms with E-state index in [4.69, 9.17) is 4.99 Å². The number of aliphatic imine (C=N–C) groups is 1. The maximum atomic E-state index is 13.7. The van der Waals surface area contributed by atoms with Crippen LogP contribution in [0.15, 0.2) is 101 Å². The second-order valence-corrected chi connectivity index (χ2v) is 7.58. The van der Waals surface area contributed by atoms with E-state index in [1.165, 1.54) is 12.1 Å². The van der Waals surface area contributed by atoms with Gasteiger partial charge < -0.3 is 5.32 Å². The van der Waals surface area contributed by atoms with Crippen molar-refractivity contribution in [3.8, 4) is 0 Å². The number of para-hydroxylation sites is 1. The molecule has 0 spiro atoms. The molecular formula is C25H20N4O3. The van der Waals surface area contributed by atoms with Gasteiger partial charge in [-0.05, 0) is 17.7 Å². The molecule has 2 aliphatic heterocycles. The number of carbonyl (C=O) groups is 1. The summed E-state index contributed by atoms with van der Waals surface area (Å²) < 4.78 is 0. The van der Waals surface area contributed by atoms with Crippen molar-refractivity contribution in [2.24, 2.45) is 4.99 Å². The summed E-state index contributed by atoms with van der Waals surface area (Å²) in [6.45, 7) is 1.06. The van der Waals surface area contributed by atoms with Gasteiger partial charge in [0, 0.05) is 35.5 Å². The van der Waals surface area contributed by atoms with Crippen LogP contribution in [0.25, 0.3) is 0 Å². The van der Waals surface area contributed by atoms with E-state index in [-0.39, 0.29) is 11.6 Å². The fourth-order valence-electron chi connectivity index (χ4n) is 4.29. The smallest absolute Gasteiger partial charge is 0.275 e. The van der Waals surface area contributed by atoms with Crippen LogP contribution >= 0.6 is 0 Å². The van der Waals surface area contributed by atoms with Gasteiger partial charge in [-0.2, -0.15) is 0 Å². The molecule has 0 aromatic heterocycles. The lowest BCUT2D eigenvalue weighted by molar-refractivity contribution is -0.384. The molecule has 5 rings (SSSR count). The fraction of sp³-hybridized carbons (Fsp3) is 0.120. The van der Waals surface area contributed by atoms with Crippen LogP contribution in [0.5, 0.6) is 0 Å². The molecule has 3 aromatic carbocycles. The Kier molecular flexibility index (Phi) is 4.99. The molecule has 1 amide bonds. The van der Waals surface area contributed by atoms with Gasteiger partial charge in [-0.25, -0.2) is 0 Å². The van der Waals surface area contributed by atoms with E-state index in [2.05, 4.69) is 5.32 Å². The highest BCUT2D eigenvalue weighted by Gasteiger charge is 2.44. The molecule has 0 unspecified atom stereocenters. The number of amides is 1. The molecule has 2 aliphatic rings. The molecule has 158 valence electrons. The lowest BCUT2D eigenvalue weighted by Gasteiger charge is -2.28. The number of nitro benzene ring substituents is 1. The molecule has 2 heterocycles. The Morgan fingerprint density at radius 1 is 0.969 bits per heavy atom. The van der Waals surface area contributed by atoms with Gasteiger partial charge in [-0.3, -0.25) is 24.8 Å². The molecule has 1 N–H and O–H groups in total. The van der Waals surface area contributed by atoms with Gasteiger partial charge in [0.05, 0.1) is 23.2 Å². The number of rotatable bonds is 4. The summed E-state index contributed by atoms with van der Waals surface area (Å²) in [6, 6.07) is 25.0. The van der Waals surface area contributed by atoms with Crippen molar-refractivity contribution in [1.29, 1.82) is 0 Å². The highest BCUT2D eigenvalue weighted by atomic mass is 16.6. The van der Waals surface area contributed by atoms with Gasteiger partial charge in [0.2, 0.25) is 0 Å². The number of carbonyl (C=O) groups excluding carboxylic acids is 1. The Balaban J connectivity index is 1.74. The molecular weight excluding hydrogens is 404 g/mol. The van der Waals surface area contributed by atoms with E-state index in [1.807, 2.05) is 66.7 Å². The number of nitrogens with one attached hydrogen (secondary N) is 1. The average Bonchev–Trinajstić information content (AvgIpc) is 2.97. The Morgan fingerprint density at radius 2 is 1.69 bits per heavy atom. The van der Waals surface area contributed by atoms with Crippen LogP contribution < -0.4 is 10.2 Å². The Hall–Kier alpha value is -4.26. The maximum Gasteiger partial charge on any atom is 0.275 e. The Morgan fingerprint density at radius 3 is 2.41 bits per heavy atom. The molecule has 32 heavy (non-hydrogen) atoms. The predicted octanol–water partition coefficient (Wildman–Crippen LogP) is 4.03. The molecule has 0 aliphatic carbocycles. The van der Waals surface area contributed by atoms with Gasteiger partial charge >= 0.3 is 0 Å². The number of anilines is 1. The molecule has 0 fully saturated rings. The van der Waals surface area contributed by atoms with Crippen molar-refractivity contribution in [3.63, 3.8) is 0 Å². The quantitative estimate of drug-likeness (QED) is 0.506. The zero-order valence-corrected chi connectivity index (χ0v) is 17.1. The predicted molar refractivity (Wildman–Crippen MR) is 123 cm³/mol. The Labute approximate surface area is 184 Å². The zero-order chi connectivity index (χ0) is 22.1. The van der Waals surface area contributed by atoms with E-state index < -0.39 is 11.0 Å². The molecule has 7 heteroatoms. The van der Waals surface area contributed by atoms with Crippen LogP contribution in [-0.4, -0.2) is 29.6 Å². The summed E-state index contributed by atoms with van der Waals surface area (Å²) in [6.07, 6.45) is 0. The molecule has 3 aromatic rings. The van der Waals surface area contributed by atoms with Crippen LogP contribution in [0.1, 0.15) is 17.2 Å². The standard InChI is InChI=1S/C25H20N4O3/c30-25-23-21(22(26-14-15-27-23)17-8-3-1-4-9-17)24(28(25)19-11-5-2-6-12-19)18-10-7-13-20(16-18)29(31)32/h1-13,16,24,27H,14-15H2/t24-/m0/s1. The maximum absolute atomic E-state index is 13.7. The third kappa shape index (κ3) is 3.33. The summed E-state index contributed by atoms with van der Waals surface area (Å²) in [5, 5.41) is 14.8. The lowest BCUT2D eigenvalue weighted by atomic mass is 9.91. The van der Waals surface area contributed by atoms with E-state index in [9.17, 15) is 14.9 Å². The number of nitrogens with zero attached hydrogens (tertiary/aromatic N) is 3. The van der Waals surface area contributed by atoms with Gasteiger partial charge in [0.15, 0.2) is 0 Å². The molecule has 0 saturated carbocycles. The highest BCUT2D eigenvalue weighted by molar-refractivity contribution is 6.23. The second kappa shape index (κ2) is 8.11. The normalized spacial score (nSPS) is 18.0. The number of hydrogen-bond acceptors (Lipinski definition) is 5. The number of hydrogen-bond donors (Lipinski definition) is 1. The number of benzene rings is 3. The Bertz CT molecular complexity index is 1250. The summed E-state index contributed by atoms with van der Waals surface area (Å²) in [5.41, 5.74) is 4.23. The summed E-state index contributed by atoms with van der Waals surface area (Å²) in [4.78, 5) is 31.3. The van der Waals surface area contributed by atoms with Gasteiger partial charge in [0.25, 0.3) is 11.6 Å². The van der Waals surface area contributed by atoms with E-state index >= 15 is 0 Å². The molecule has 7 nitrogen and oxygen atoms in total. The summed E-state index contributed by atoms with van der Waals surface area (Å²) >= 11 is 0. The first-order valence-corrected chi connectivity index (χ1v) is 10.4. The first-order valence-electron chi connectivity index (χ1n) is 10.4. The van der Waals surface area contributed by atoms with Crippen molar-refractivity contribution >= 4 is 23.0 Å². The minimum Gasteiger partial charge on any atom is -0.378 e. The topological polar surface area (TPSA) is 87.8 Å². The second-order valence-electron chi connectivity index (χ2n) is 7.58. The van der Waals surface area contributed by atoms with Crippen molar-refractivity contribution < 1.29 is 9.72 Å². The largest absolute Gasteiger partial charge is 0.378 e. The van der Waals surface area contributed by atoms with Crippen molar-refractivity contribution in [2.75, 3.05) is 18.0 Å². The molecule has 0 saturated heterocycles. The molecule has 0 bridgehead atoms. The molecule has 0 radical (unpaired) electrons. The third-order valence-electron chi connectivity index (χ3n) is 5.65. The van der Waals surface area contributed by atoms with Crippen molar-refractivity contribution in [2.45, 2.75) is 6.04 Å². The van der Waals surface area contributed by atoms with Crippen molar-refractivity contribution in [3.05, 3.63) is 117 Å². The van der Waals surface area contributed by atoms with Gasteiger partial charge in [-0.15, -0.1) is 0 Å². The van der Waals surface area contributed by atoms with E-state index in [1.54, 1.807) is 11.0 Å². The van der Waals surface area contributed by atoms with E-state index in [0.29, 0.717) is 24.4 Å². The van der Waals surface area contributed by atoms with Gasteiger partial charge in [-0.1, -0.05) is 60.7 Å². The molecule has 1 atom stereocenters. The van der Waals surface area contributed by atoms with Crippen molar-refractivity contribution in [1.82, 2.24) is 5.32 Å². The highest BCUT2D eigenvalue weighted by Crippen LogP contribution is 2.43. The van der Waals surface area contributed by atoms with Crippen LogP contribution in [0.4, 0.5) is 11.4 Å². The fourth-order valence-corrected chi connectivity index (χ4v) is 4.29. The van der Waals surface area contributed by atoms with Crippen LogP contribution in [0.3, 0.4) is 0 Å². The first-order chi connectivity index (χ1) is 15.6. The lowest BCUT2D eigenvalue weighted by Crippen LogP contribution is -2.33. The van der Waals surface area contributed by atoms with Crippen LogP contribution in [-0.2, 0) is 4.79 Å². The first kappa shape index (κ1) is 19.7. The van der Waals surface area contributed by atoms with Crippen LogP contribution in [0.2, 0.25) is 0 Å². The minimum atomic E-state index is -0.552. The zero-order valence-electron chi connectivity index (χ0n) is 17.1. The van der Waals surface area contributed by atoms with E-state index in [0.717, 1.165) is 22.5 Å². The average molecular weight is 424 g/mol. The summed E-state index contributed by atoms with van der Waals surface area (Å²) in [7, 11) is 0. The summed E-state index contributed by atoms with van der Waals surface area (Å²) in [5.74, 6) is -0.173. The third-order valence-corrected chi connectivity index (χ3v) is 5.65. The van der Waals surface area contributed by atoms with Crippen LogP contribution in [0, 0.1) is 10.1 Å².